The molecular weight excluding hydrogens is 222 g/mol. The van der Waals surface area contributed by atoms with Gasteiger partial charge in [0.15, 0.2) is 0 Å². The second-order valence-electron chi connectivity index (χ2n) is 3.57. The SMILES string of the molecule is CCNC(C)c1nnc(Cc2cccs2)o1. The largest absolute Gasteiger partial charge is 0.423 e. The number of nitrogens with zero attached hydrogens (tertiary/aromatic N) is 2. The van der Waals surface area contributed by atoms with E-state index >= 15 is 0 Å². The van der Waals surface area contributed by atoms with Crippen LogP contribution >= 0.6 is 11.3 Å². The van der Waals surface area contributed by atoms with E-state index in [-0.39, 0.29) is 6.04 Å². The molecule has 0 aliphatic heterocycles. The van der Waals surface area contributed by atoms with Crippen molar-refractivity contribution in [2.24, 2.45) is 0 Å². The molecule has 1 N–H and O–H groups in total. The van der Waals surface area contributed by atoms with E-state index in [1.54, 1.807) is 11.3 Å². The Bertz CT molecular complexity index is 424. The first-order chi connectivity index (χ1) is 7.79. The maximum atomic E-state index is 5.59. The van der Waals surface area contributed by atoms with E-state index in [9.17, 15) is 0 Å². The van der Waals surface area contributed by atoms with Crippen LogP contribution < -0.4 is 5.32 Å². The summed E-state index contributed by atoms with van der Waals surface area (Å²) in [6.07, 6.45) is 0.726. The Balaban J connectivity index is 2.02. The van der Waals surface area contributed by atoms with Crippen molar-refractivity contribution in [2.75, 3.05) is 6.54 Å². The standard InChI is InChI=1S/C11H15N3OS/c1-3-12-8(2)11-14-13-10(15-11)7-9-5-4-6-16-9/h4-6,8,12H,3,7H2,1-2H3. The second kappa shape index (κ2) is 5.23. The van der Waals surface area contributed by atoms with Gasteiger partial charge < -0.3 is 9.73 Å². The summed E-state index contributed by atoms with van der Waals surface area (Å²) < 4.78 is 5.59. The van der Waals surface area contributed by atoms with Crippen LogP contribution in [0.15, 0.2) is 21.9 Å². The molecule has 0 radical (unpaired) electrons. The lowest BCUT2D eigenvalue weighted by molar-refractivity contribution is 0.402. The van der Waals surface area contributed by atoms with Crippen LogP contribution in [0.5, 0.6) is 0 Å². The van der Waals surface area contributed by atoms with Crippen LogP contribution in [0.3, 0.4) is 0 Å². The smallest absolute Gasteiger partial charge is 0.233 e. The number of aromatic nitrogens is 2. The minimum Gasteiger partial charge on any atom is -0.423 e. The summed E-state index contributed by atoms with van der Waals surface area (Å²) in [6.45, 7) is 4.97. The molecule has 0 aromatic carbocycles. The van der Waals surface area contributed by atoms with Crippen molar-refractivity contribution in [3.63, 3.8) is 0 Å². The molecule has 2 heterocycles. The third-order valence-electron chi connectivity index (χ3n) is 2.27. The van der Waals surface area contributed by atoms with E-state index in [4.69, 9.17) is 4.42 Å². The van der Waals surface area contributed by atoms with Crippen molar-refractivity contribution >= 4 is 11.3 Å². The average Bonchev–Trinajstić information content (AvgIpc) is 2.90. The molecule has 16 heavy (non-hydrogen) atoms. The molecule has 0 aliphatic carbocycles. The van der Waals surface area contributed by atoms with Crippen LogP contribution in [0.2, 0.25) is 0 Å². The van der Waals surface area contributed by atoms with E-state index < -0.39 is 0 Å². The minimum atomic E-state index is 0.120. The van der Waals surface area contributed by atoms with E-state index in [2.05, 4.69) is 28.5 Å². The summed E-state index contributed by atoms with van der Waals surface area (Å²) in [5.41, 5.74) is 0. The molecule has 86 valence electrons. The summed E-state index contributed by atoms with van der Waals surface area (Å²) in [6, 6.07) is 4.22. The van der Waals surface area contributed by atoms with Gasteiger partial charge in [-0.1, -0.05) is 13.0 Å². The summed E-state index contributed by atoms with van der Waals surface area (Å²) in [5.74, 6) is 1.34. The Morgan fingerprint density at radius 1 is 1.50 bits per heavy atom. The van der Waals surface area contributed by atoms with E-state index in [1.165, 1.54) is 4.88 Å². The molecule has 2 aromatic rings. The van der Waals surface area contributed by atoms with Crippen molar-refractivity contribution < 1.29 is 4.42 Å². The molecule has 4 nitrogen and oxygen atoms in total. The van der Waals surface area contributed by atoms with E-state index in [1.807, 2.05) is 18.4 Å². The van der Waals surface area contributed by atoms with Gasteiger partial charge in [0, 0.05) is 4.88 Å². The van der Waals surface area contributed by atoms with Gasteiger partial charge in [-0.15, -0.1) is 21.5 Å². The lowest BCUT2D eigenvalue weighted by Crippen LogP contribution is -2.17. The molecule has 1 atom stereocenters. The first kappa shape index (κ1) is 11.3. The van der Waals surface area contributed by atoms with Crippen LogP contribution in [0, 0.1) is 0 Å². The van der Waals surface area contributed by atoms with Crippen molar-refractivity contribution in [2.45, 2.75) is 26.3 Å². The van der Waals surface area contributed by atoms with Gasteiger partial charge in [-0.25, -0.2) is 0 Å². The van der Waals surface area contributed by atoms with Crippen LogP contribution in [0.25, 0.3) is 0 Å². The lowest BCUT2D eigenvalue weighted by Gasteiger charge is -2.05. The molecule has 2 rings (SSSR count). The van der Waals surface area contributed by atoms with Gasteiger partial charge in [0.25, 0.3) is 0 Å². The number of rotatable bonds is 5. The summed E-state index contributed by atoms with van der Waals surface area (Å²) >= 11 is 1.70. The highest BCUT2D eigenvalue weighted by Gasteiger charge is 2.12. The quantitative estimate of drug-likeness (QED) is 0.867. The van der Waals surface area contributed by atoms with Crippen molar-refractivity contribution in [1.29, 1.82) is 0 Å². The molecule has 0 bridgehead atoms. The fourth-order valence-corrected chi connectivity index (χ4v) is 2.16. The third kappa shape index (κ3) is 2.68. The molecule has 0 fully saturated rings. The molecule has 5 heteroatoms. The monoisotopic (exact) mass is 237 g/mol. The highest BCUT2D eigenvalue weighted by Crippen LogP contribution is 2.16. The maximum Gasteiger partial charge on any atom is 0.233 e. The zero-order chi connectivity index (χ0) is 11.4. The summed E-state index contributed by atoms with van der Waals surface area (Å²) in [7, 11) is 0. The molecule has 0 aliphatic rings. The first-order valence-corrected chi connectivity index (χ1v) is 6.25. The zero-order valence-corrected chi connectivity index (χ0v) is 10.3. The predicted octanol–water partition coefficient (Wildman–Crippen LogP) is 2.39. The Kier molecular flexibility index (Phi) is 3.69. The molecule has 0 spiro atoms. The first-order valence-electron chi connectivity index (χ1n) is 5.37. The number of nitrogens with one attached hydrogen (secondary N) is 1. The molecule has 0 amide bonds. The Labute approximate surface area is 98.7 Å². The Morgan fingerprint density at radius 3 is 3.06 bits per heavy atom. The fraction of sp³-hybridized carbons (Fsp3) is 0.455. The van der Waals surface area contributed by atoms with E-state index in [0.717, 1.165) is 13.0 Å². The van der Waals surface area contributed by atoms with Crippen LogP contribution in [0.1, 0.15) is 36.5 Å². The van der Waals surface area contributed by atoms with E-state index in [0.29, 0.717) is 11.8 Å². The van der Waals surface area contributed by atoms with Gasteiger partial charge in [0.1, 0.15) is 0 Å². The van der Waals surface area contributed by atoms with Gasteiger partial charge in [-0.2, -0.15) is 0 Å². The molecule has 2 aromatic heterocycles. The van der Waals surface area contributed by atoms with Crippen LogP contribution in [-0.4, -0.2) is 16.7 Å². The summed E-state index contributed by atoms with van der Waals surface area (Å²) in [5, 5.41) is 13.4. The predicted molar refractivity (Wildman–Crippen MR) is 63.5 cm³/mol. The number of hydrogen-bond donors (Lipinski definition) is 1. The van der Waals surface area contributed by atoms with Gasteiger partial charge in [0.2, 0.25) is 11.8 Å². The normalized spacial score (nSPS) is 12.9. The Hall–Kier alpha value is -1.20. The molecular formula is C11H15N3OS. The van der Waals surface area contributed by atoms with Crippen molar-refractivity contribution in [3.8, 4) is 0 Å². The Morgan fingerprint density at radius 2 is 2.38 bits per heavy atom. The third-order valence-corrected chi connectivity index (χ3v) is 3.15. The van der Waals surface area contributed by atoms with Gasteiger partial charge in [-0.3, -0.25) is 0 Å². The molecule has 0 saturated carbocycles. The van der Waals surface area contributed by atoms with Gasteiger partial charge in [-0.05, 0) is 24.9 Å². The minimum absolute atomic E-state index is 0.120. The molecule has 0 saturated heterocycles. The second-order valence-corrected chi connectivity index (χ2v) is 4.60. The highest BCUT2D eigenvalue weighted by molar-refractivity contribution is 7.09. The van der Waals surface area contributed by atoms with Crippen LogP contribution in [0.4, 0.5) is 0 Å². The number of thiophene rings is 1. The van der Waals surface area contributed by atoms with Gasteiger partial charge >= 0.3 is 0 Å². The topological polar surface area (TPSA) is 51.0 Å². The van der Waals surface area contributed by atoms with Gasteiger partial charge in [0.05, 0.1) is 12.5 Å². The van der Waals surface area contributed by atoms with Crippen molar-refractivity contribution in [3.05, 3.63) is 34.2 Å². The average molecular weight is 237 g/mol. The van der Waals surface area contributed by atoms with Crippen LogP contribution in [-0.2, 0) is 6.42 Å². The zero-order valence-electron chi connectivity index (χ0n) is 9.43. The fourth-order valence-electron chi connectivity index (χ4n) is 1.47. The maximum absolute atomic E-state index is 5.59. The lowest BCUT2D eigenvalue weighted by atomic mass is 10.3. The highest BCUT2D eigenvalue weighted by atomic mass is 32.1. The number of hydrogen-bond acceptors (Lipinski definition) is 5. The van der Waals surface area contributed by atoms with Crippen molar-refractivity contribution in [1.82, 2.24) is 15.5 Å². The molecule has 1 unspecified atom stereocenters. The summed E-state index contributed by atoms with van der Waals surface area (Å²) in [4.78, 5) is 1.24.